The van der Waals surface area contributed by atoms with Crippen LogP contribution in [0.3, 0.4) is 0 Å². The van der Waals surface area contributed by atoms with Gasteiger partial charge >= 0.3 is 39.5 Å². The SMILES string of the molecule is CCCCCCCCCCCCCCCCCCCCCC(=O)O[C@H](COC(=O)CCCCCCCCCCCCCCCCCC(C)C)COP(=O)(O)OC[C@@H](O)COP(=O)(O)OC[C@@H](COC(=O)CCCCCCC)OC(=O)CCCCCCCCCCCCCCCCCC(C)C. The summed E-state index contributed by atoms with van der Waals surface area (Å²) in [4.78, 5) is 72.7. The van der Waals surface area contributed by atoms with Crippen LogP contribution in [0.1, 0.15) is 427 Å². The Morgan fingerprint density at radius 2 is 0.460 bits per heavy atom. The number of carbonyl (C=O) groups excluding carboxylic acids is 4. The smallest absolute Gasteiger partial charge is 0.462 e. The maximum atomic E-state index is 13.1. The summed E-state index contributed by atoms with van der Waals surface area (Å²) in [5.41, 5.74) is 0. The Labute approximate surface area is 613 Å². The number of unbranched alkanes of at least 4 members (excludes halogenated alkanes) is 50. The first-order chi connectivity index (χ1) is 48.4. The minimum Gasteiger partial charge on any atom is -0.462 e. The summed E-state index contributed by atoms with van der Waals surface area (Å²) >= 11 is 0. The van der Waals surface area contributed by atoms with E-state index in [4.69, 9.17) is 37.0 Å². The fourth-order valence-corrected chi connectivity index (χ4v) is 14.1. The highest BCUT2D eigenvalue weighted by Gasteiger charge is 2.30. The molecule has 0 saturated carbocycles. The molecule has 2 unspecified atom stereocenters. The van der Waals surface area contributed by atoms with Gasteiger partial charge in [-0.15, -0.1) is 0 Å². The lowest BCUT2D eigenvalue weighted by atomic mass is 10.0. The quantitative estimate of drug-likeness (QED) is 0.0222. The number of phosphoric ester groups is 2. The largest absolute Gasteiger partial charge is 0.472 e. The maximum absolute atomic E-state index is 13.1. The third-order valence-corrected chi connectivity index (χ3v) is 20.9. The molecule has 17 nitrogen and oxygen atoms in total. The molecule has 0 amide bonds. The molecule has 5 atom stereocenters. The van der Waals surface area contributed by atoms with E-state index in [2.05, 4.69) is 41.5 Å². The zero-order valence-corrected chi connectivity index (χ0v) is 67.3. The highest BCUT2D eigenvalue weighted by atomic mass is 31.2. The number of phosphoric acid groups is 2. The molecule has 0 fully saturated rings. The van der Waals surface area contributed by atoms with Crippen molar-refractivity contribution in [3.8, 4) is 0 Å². The molecule has 0 radical (unpaired) electrons. The first-order valence-electron chi connectivity index (χ1n) is 42.0. The van der Waals surface area contributed by atoms with E-state index in [1.54, 1.807) is 0 Å². The van der Waals surface area contributed by atoms with Gasteiger partial charge in [0.1, 0.15) is 19.3 Å². The van der Waals surface area contributed by atoms with E-state index in [9.17, 15) is 43.2 Å². The number of carbonyl (C=O) groups is 4. The van der Waals surface area contributed by atoms with Crippen LogP contribution in [-0.4, -0.2) is 96.7 Å². The fraction of sp³-hybridized carbons (Fsp3) is 0.951. The first-order valence-corrected chi connectivity index (χ1v) is 45.0. The van der Waals surface area contributed by atoms with Gasteiger partial charge in [-0.25, -0.2) is 9.13 Å². The average Bonchev–Trinajstić information content (AvgIpc) is 0.931. The Morgan fingerprint density at radius 3 is 0.680 bits per heavy atom. The summed E-state index contributed by atoms with van der Waals surface area (Å²) in [6.07, 6.45) is 62.9. The third-order valence-electron chi connectivity index (χ3n) is 19.0. The van der Waals surface area contributed by atoms with Crippen LogP contribution >= 0.6 is 15.6 Å². The van der Waals surface area contributed by atoms with Gasteiger partial charge in [-0.1, -0.05) is 375 Å². The van der Waals surface area contributed by atoms with Crippen molar-refractivity contribution in [2.75, 3.05) is 39.6 Å². The van der Waals surface area contributed by atoms with Gasteiger partial charge in [0.05, 0.1) is 26.4 Å². The standard InChI is InChI=1S/C81H158O17P2/c1-7-9-11-13-14-15-16-17-18-19-20-21-26-32-37-42-47-53-60-66-81(86)98-77(70-92-79(84)64-58-52-46-41-36-31-27-22-24-29-34-39-44-50-55-61-73(3)4)72-96-100(89,90)94-68-75(82)67-93-99(87,88)95-71-76(69-91-78(83)63-57-49-12-10-8-2)97-80(85)65-59-54-48-43-38-33-28-23-25-30-35-40-45-51-56-62-74(5)6/h73-77,82H,7-72H2,1-6H3,(H,87,88)(H,89,90)/t75-,76+,77+/m0/s1. The lowest BCUT2D eigenvalue weighted by molar-refractivity contribution is -0.161. The normalized spacial score (nSPS) is 13.9. The van der Waals surface area contributed by atoms with E-state index in [1.165, 1.54) is 238 Å². The summed E-state index contributed by atoms with van der Waals surface area (Å²) in [5, 5.41) is 10.6. The van der Waals surface area contributed by atoms with Crippen LogP contribution < -0.4 is 0 Å². The van der Waals surface area contributed by atoms with E-state index in [0.29, 0.717) is 25.7 Å². The molecule has 0 spiro atoms. The molecule has 0 aromatic heterocycles. The molecule has 0 aliphatic carbocycles. The number of aliphatic hydroxyl groups is 1. The number of hydrogen-bond acceptors (Lipinski definition) is 15. The topological polar surface area (TPSA) is 237 Å². The van der Waals surface area contributed by atoms with E-state index < -0.39 is 97.5 Å². The lowest BCUT2D eigenvalue weighted by Gasteiger charge is -2.21. The predicted octanol–water partition coefficient (Wildman–Crippen LogP) is 24.3. The summed E-state index contributed by atoms with van der Waals surface area (Å²) < 4.78 is 68.5. The van der Waals surface area contributed by atoms with Crippen molar-refractivity contribution in [1.82, 2.24) is 0 Å². The van der Waals surface area contributed by atoms with E-state index in [-0.39, 0.29) is 25.7 Å². The number of hydrogen-bond donors (Lipinski definition) is 3. The molecule has 0 heterocycles. The monoisotopic (exact) mass is 1470 g/mol. The molecule has 19 heteroatoms. The predicted molar refractivity (Wildman–Crippen MR) is 409 cm³/mol. The van der Waals surface area contributed by atoms with Gasteiger partial charge in [0.15, 0.2) is 12.2 Å². The van der Waals surface area contributed by atoms with Crippen molar-refractivity contribution in [3.63, 3.8) is 0 Å². The minimum absolute atomic E-state index is 0.107. The molecule has 594 valence electrons. The number of esters is 4. The average molecular weight is 1470 g/mol. The van der Waals surface area contributed by atoms with Crippen molar-refractivity contribution >= 4 is 39.5 Å². The van der Waals surface area contributed by atoms with Crippen molar-refractivity contribution in [3.05, 3.63) is 0 Å². The molecular weight excluding hydrogens is 1310 g/mol. The molecule has 0 bridgehead atoms. The van der Waals surface area contributed by atoms with Crippen LogP contribution in [0.5, 0.6) is 0 Å². The van der Waals surface area contributed by atoms with E-state index in [0.717, 1.165) is 108 Å². The summed E-state index contributed by atoms with van der Waals surface area (Å²) in [7, 11) is -9.91. The second kappa shape index (κ2) is 72.6. The van der Waals surface area contributed by atoms with Crippen molar-refractivity contribution < 1.29 is 80.2 Å². The van der Waals surface area contributed by atoms with Crippen LogP contribution in [0.4, 0.5) is 0 Å². The zero-order chi connectivity index (χ0) is 73.5. The van der Waals surface area contributed by atoms with Gasteiger partial charge in [-0.2, -0.15) is 0 Å². The zero-order valence-electron chi connectivity index (χ0n) is 65.5. The second-order valence-corrected chi connectivity index (χ2v) is 33.0. The van der Waals surface area contributed by atoms with Crippen LogP contribution in [0.25, 0.3) is 0 Å². The second-order valence-electron chi connectivity index (χ2n) is 30.1. The Kier molecular flexibility index (Phi) is 71.2. The fourth-order valence-electron chi connectivity index (χ4n) is 12.5. The Morgan fingerprint density at radius 1 is 0.270 bits per heavy atom. The van der Waals surface area contributed by atoms with Gasteiger partial charge in [-0.05, 0) is 37.5 Å². The summed E-state index contributed by atoms with van der Waals surface area (Å²) in [6, 6.07) is 0. The van der Waals surface area contributed by atoms with E-state index >= 15 is 0 Å². The highest BCUT2D eigenvalue weighted by molar-refractivity contribution is 7.47. The van der Waals surface area contributed by atoms with Gasteiger partial charge in [0.25, 0.3) is 0 Å². The van der Waals surface area contributed by atoms with Crippen LogP contribution in [0.15, 0.2) is 0 Å². The Balaban J connectivity index is 5.11. The Hall–Kier alpha value is -1.94. The van der Waals surface area contributed by atoms with E-state index in [1.807, 2.05) is 0 Å². The molecule has 0 aliphatic rings. The van der Waals surface area contributed by atoms with Crippen molar-refractivity contribution in [2.45, 2.75) is 445 Å². The minimum atomic E-state index is -4.96. The molecule has 0 aromatic rings. The Bertz CT molecular complexity index is 1920. The van der Waals surface area contributed by atoms with Crippen LogP contribution in [-0.2, 0) is 65.4 Å². The van der Waals surface area contributed by atoms with Gasteiger partial charge in [0.2, 0.25) is 0 Å². The number of rotatable bonds is 80. The molecule has 0 aliphatic heterocycles. The lowest BCUT2D eigenvalue weighted by Crippen LogP contribution is -2.30. The summed E-state index contributed by atoms with van der Waals surface area (Å²) in [6.45, 7) is 9.60. The molecule has 3 N–H and O–H groups in total. The van der Waals surface area contributed by atoms with Gasteiger partial charge in [-0.3, -0.25) is 37.3 Å². The number of aliphatic hydroxyl groups excluding tert-OH is 1. The van der Waals surface area contributed by atoms with Crippen LogP contribution in [0, 0.1) is 11.8 Å². The summed E-state index contributed by atoms with van der Waals surface area (Å²) in [5.74, 6) is -0.510. The highest BCUT2D eigenvalue weighted by Crippen LogP contribution is 2.45. The molecule has 0 aromatic carbocycles. The van der Waals surface area contributed by atoms with Crippen molar-refractivity contribution in [1.29, 1.82) is 0 Å². The molecular formula is C81H158O17P2. The third kappa shape index (κ3) is 74.3. The number of ether oxygens (including phenoxy) is 4. The van der Waals surface area contributed by atoms with Crippen LogP contribution in [0.2, 0.25) is 0 Å². The molecule has 100 heavy (non-hydrogen) atoms. The van der Waals surface area contributed by atoms with Gasteiger partial charge in [0, 0.05) is 25.7 Å². The maximum Gasteiger partial charge on any atom is 0.472 e. The molecule has 0 rings (SSSR count). The van der Waals surface area contributed by atoms with Crippen molar-refractivity contribution in [2.24, 2.45) is 11.8 Å². The molecule has 0 saturated heterocycles. The first kappa shape index (κ1) is 98.1. The van der Waals surface area contributed by atoms with Gasteiger partial charge < -0.3 is 33.8 Å².